The lowest BCUT2D eigenvalue weighted by molar-refractivity contribution is 0.0583. The lowest BCUT2D eigenvalue weighted by atomic mass is 9.77. The molecule has 0 aromatic rings. The van der Waals surface area contributed by atoms with E-state index in [9.17, 15) is 5.11 Å². The van der Waals surface area contributed by atoms with E-state index in [1.54, 1.807) is 0 Å². The first-order chi connectivity index (χ1) is 8.32. The summed E-state index contributed by atoms with van der Waals surface area (Å²) in [6, 6.07) is 1.49. The van der Waals surface area contributed by atoms with Gasteiger partial charge >= 0.3 is 0 Å². The number of hydrogen-bond donors (Lipinski definition) is 2. The summed E-state index contributed by atoms with van der Waals surface area (Å²) in [5.41, 5.74) is 6.24. The monoisotopic (exact) mass is 256 g/mol. The SMILES string of the molecule is CC(C)C(O)C[C@@H]1C[C@H](N(C)C(C)C)CC[C@@H]1N. The number of nitrogens with zero attached hydrogens (tertiary/aromatic N) is 1. The molecule has 0 radical (unpaired) electrons. The van der Waals surface area contributed by atoms with Crippen molar-refractivity contribution in [1.29, 1.82) is 0 Å². The molecule has 0 saturated heterocycles. The molecule has 3 heteroatoms. The summed E-state index contributed by atoms with van der Waals surface area (Å²) < 4.78 is 0. The van der Waals surface area contributed by atoms with Crippen molar-refractivity contribution in [2.75, 3.05) is 7.05 Å². The molecule has 0 aromatic carbocycles. The summed E-state index contributed by atoms with van der Waals surface area (Å²) >= 11 is 0. The molecule has 3 N–H and O–H groups in total. The van der Waals surface area contributed by atoms with E-state index in [0.717, 1.165) is 19.3 Å². The van der Waals surface area contributed by atoms with Crippen molar-refractivity contribution >= 4 is 0 Å². The molecule has 0 aliphatic heterocycles. The molecule has 4 atom stereocenters. The second-order valence-electron chi connectivity index (χ2n) is 6.70. The first-order valence-corrected chi connectivity index (χ1v) is 7.48. The van der Waals surface area contributed by atoms with Crippen LogP contribution in [0.25, 0.3) is 0 Å². The average molecular weight is 256 g/mol. The molecule has 1 rings (SSSR count). The van der Waals surface area contributed by atoms with Crippen LogP contribution in [0.2, 0.25) is 0 Å². The van der Waals surface area contributed by atoms with Crippen LogP contribution in [-0.4, -0.2) is 41.3 Å². The maximum atomic E-state index is 10.1. The van der Waals surface area contributed by atoms with Gasteiger partial charge in [-0.3, -0.25) is 0 Å². The summed E-state index contributed by atoms with van der Waals surface area (Å²) in [6.07, 6.45) is 4.09. The maximum Gasteiger partial charge on any atom is 0.0566 e. The zero-order chi connectivity index (χ0) is 13.9. The maximum absolute atomic E-state index is 10.1. The van der Waals surface area contributed by atoms with E-state index in [-0.39, 0.29) is 12.1 Å². The Balaban J connectivity index is 2.56. The summed E-state index contributed by atoms with van der Waals surface area (Å²) in [6.45, 7) is 8.65. The third-order valence-electron chi connectivity index (χ3n) is 4.72. The number of aliphatic hydroxyl groups excluding tert-OH is 1. The normalized spacial score (nSPS) is 31.3. The van der Waals surface area contributed by atoms with Gasteiger partial charge < -0.3 is 15.7 Å². The van der Waals surface area contributed by atoms with Gasteiger partial charge in [0.15, 0.2) is 0 Å². The van der Waals surface area contributed by atoms with Gasteiger partial charge in [-0.1, -0.05) is 13.8 Å². The molecule has 1 unspecified atom stereocenters. The fourth-order valence-corrected chi connectivity index (χ4v) is 2.91. The fourth-order valence-electron chi connectivity index (χ4n) is 2.91. The molecule has 1 fully saturated rings. The van der Waals surface area contributed by atoms with Crippen molar-refractivity contribution in [1.82, 2.24) is 4.90 Å². The Labute approximate surface area is 113 Å². The van der Waals surface area contributed by atoms with Gasteiger partial charge in [0.05, 0.1) is 6.10 Å². The second-order valence-corrected chi connectivity index (χ2v) is 6.70. The molecule has 0 amide bonds. The van der Waals surface area contributed by atoms with Crippen LogP contribution in [0.15, 0.2) is 0 Å². The smallest absolute Gasteiger partial charge is 0.0566 e. The Morgan fingerprint density at radius 1 is 1.22 bits per heavy atom. The van der Waals surface area contributed by atoms with Crippen molar-refractivity contribution in [3.05, 3.63) is 0 Å². The third kappa shape index (κ3) is 4.22. The van der Waals surface area contributed by atoms with Crippen molar-refractivity contribution in [3.63, 3.8) is 0 Å². The van der Waals surface area contributed by atoms with Crippen LogP contribution < -0.4 is 5.73 Å². The van der Waals surface area contributed by atoms with Crippen LogP contribution >= 0.6 is 0 Å². The third-order valence-corrected chi connectivity index (χ3v) is 4.72. The van der Waals surface area contributed by atoms with E-state index in [4.69, 9.17) is 5.73 Å². The fraction of sp³-hybridized carbons (Fsp3) is 1.00. The van der Waals surface area contributed by atoms with Gasteiger partial charge in [-0.15, -0.1) is 0 Å². The lowest BCUT2D eigenvalue weighted by Crippen LogP contribution is -2.47. The minimum Gasteiger partial charge on any atom is -0.393 e. The van der Waals surface area contributed by atoms with Crippen LogP contribution in [0, 0.1) is 11.8 Å². The quantitative estimate of drug-likeness (QED) is 0.793. The molecule has 18 heavy (non-hydrogen) atoms. The van der Waals surface area contributed by atoms with E-state index < -0.39 is 0 Å². The predicted molar refractivity (Wildman–Crippen MR) is 77.5 cm³/mol. The van der Waals surface area contributed by atoms with Crippen molar-refractivity contribution < 1.29 is 5.11 Å². The van der Waals surface area contributed by atoms with E-state index >= 15 is 0 Å². The second kappa shape index (κ2) is 6.88. The average Bonchev–Trinajstić information content (AvgIpc) is 2.30. The zero-order valence-electron chi connectivity index (χ0n) is 12.8. The van der Waals surface area contributed by atoms with E-state index in [1.807, 2.05) is 0 Å². The zero-order valence-corrected chi connectivity index (χ0v) is 12.8. The van der Waals surface area contributed by atoms with Crippen molar-refractivity contribution in [3.8, 4) is 0 Å². The molecule has 1 aliphatic rings. The van der Waals surface area contributed by atoms with Crippen LogP contribution in [0.1, 0.15) is 53.4 Å². The molecule has 0 bridgehead atoms. The standard InChI is InChI=1S/C15H32N2O/c1-10(2)15(18)9-12-8-13(6-7-14(12)16)17(5)11(3)4/h10-15,18H,6-9,16H2,1-5H3/t12-,13+,14-,15?/m0/s1. The highest BCUT2D eigenvalue weighted by molar-refractivity contribution is 4.88. The Morgan fingerprint density at radius 3 is 2.33 bits per heavy atom. The predicted octanol–water partition coefficient (Wildman–Crippen LogP) is 2.23. The van der Waals surface area contributed by atoms with Crippen LogP contribution in [-0.2, 0) is 0 Å². The molecule has 0 heterocycles. The van der Waals surface area contributed by atoms with Crippen LogP contribution in [0.3, 0.4) is 0 Å². The summed E-state index contributed by atoms with van der Waals surface area (Å²) in [4.78, 5) is 2.46. The Hall–Kier alpha value is -0.120. The van der Waals surface area contributed by atoms with Crippen molar-refractivity contribution in [2.24, 2.45) is 17.6 Å². The van der Waals surface area contributed by atoms with Gasteiger partial charge in [-0.05, 0) is 58.4 Å². The van der Waals surface area contributed by atoms with E-state index in [2.05, 4.69) is 39.6 Å². The molecular formula is C15H32N2O. The largest absolute Gasteiger partial charge is 0.393 e. The van der Waals surface area contributed by atoms with Gasteiger partial charge in [0.25, 0.3) is 0 Å². The number of aliphatic hydroxyl groups is 1. The summed E-state index contributed by atoms with van der Waals surface area (Å²) in [5, 5.41) is 10.1. The first-order valence-electron chi connectivity index (χ1n) is 7.48. The Kier molecular flexibility index (Phi) is 6.09. The van der Waals surface area contributed by atoms with Crippen LogP contribution in [0.4, 0.5) is 0 Å². The van der Waals surface area contributed by atoms with Gasteiger partial charge in [0.1, 0.15) is 0 Å². The highest BCUT2D eigenvalue weighted by Crippen LogP contribution is 2.31. The highest BCUT2D eigenvalue weighted by Gasteiger charge is 2.32. The Bertz CT molecular complexity index is 243. The number of nitrogens with two attached hydrogens (primary N) is 1. The topological polar surface area (TPSA) is 49.5 Å². The van der Waals surface area contributed by atoms with Gasteiger partial charge in [0.2, 0.25) is 0 Å². The molecule has 3 nitrogen and oxygen atoms in total. The molecule has 0 spiro atoms. The van der Waals surface area contributed by atoms with Crippen molar-refractivity contribution in [2.45, 2.75) is 77.6 Å². The van der Waals surface area contributed by atoms with E-state index in [0.29, 0.717) is 23.9 Å². The summed E-state index contributed by atoms with van der Waals surface area (Å²) in [5.74, 6) is 0.808. The molecule has 1 aliphatic carbocycles. The number of hydrogen-bond acceptors (Lipinski definition) is 3. The molecule has 108 valence electrons. The minimum absolute atomic E-state index is 0.204. The van der Waals surface area contributed by atoms with Crippen LogP contribution in [0.5, 0.6) is 0 Å². The lowest BCUT2D eigenvalue weighted by Gasteiger charge is -2.41. The molecule has 0 aromatic heterocycles. The van der Waals surface area contributed by atoms with Gasteiger partial charge in [-0.2, -0.15) is 0 Å². The minimum atomic E-state index is -0.204. The number of rotatable bonds is 5. The highest BCUT2D eigenvalue weighted by atomic mass is 16.3. The Morgan fingerprint density at radius 2 is 1.83 bits per heavy atom. The van der Waals surface area contributed by atoms with E-state index in [1.165, 1.54) is 6.42 Å². The van der Waals surface area contributed by atoms with Gasteiger partial charge in [0, 0.05) is 18.1 Å². The summed E-state index contributed by atoms with van der Waals surface area (Å²) in [7, 11) is 2.21. The molecule has 1 saturated carbocycles. The van der Waals surface area contributed by atoms with Gasteiger partial charge in [-0.25, -0.2) is 0 Å². The molecular weight excluding hydrogens is 224 g/mol. The first kappa shape index (κ1) is 15.9.